The second-order valence-electron chi connectivity index (χ2n) is 4.11. The van der Waals surface area contributed by atoms with Crippen LogP contribution in [0.4, 0.5) is 0 Å². The molecule has 0 spiro atoms. The van der Waals surface area contributed by atoms with Crippen molar-refractivity contribution in [3.05, 3.63) is 33.1 Å². The molecule has 0 radical (unpaired) electrons. The fourth-order valence-electron chi connectivity index (χ4n) is 1.93. The number of nitrogens with one attached hydrogen (secondary N) is 1. The van der Waals surface area contributed by atoms with Gasteiger partial charge in [0.25, 0.3) is 5.56 Å². The van der Waals surface area contributed by atoms with Gasteiger partial charge in [-0.25, -0.2) is 4.79 Å². The van der Waals surface area contributed by atoms with E-state index in [4.69, 9.17) is 9.84 Å². The topological polar surface area (TPSA) is 105 Å². The second-order valence-corrected chi connectivity index (χ2v) is 4.11. The Morgan fingerprint density at radius 2 is 2.24 bits per heavy atom. The van der Waals surface area contributed by atoms with Crippen molar-refractivity contribution in [3.63, 3.8) is 0 Å². The molecule has 0 aliphatic carbocycles. The van der Waals surface area contributed by atoms with Crippen LogP contribution < -0.4 is 11.2 Å². The Kier molecular flexibility index (Phi) is 3.14. The van der Waals surface area contributed by atoms with Crippen LogP contribution in [0.15, 0.2) is 21.9 Å². The van der Waals surface area contributed by atoms with Crippen LogP contribution in [0.1, 0.15) is 13.2 Å². The van der Waals surface area contributed by atoms with E-state index in [1.807, 2.05) is 0 Å². The smallest absolute Gasteiger partial charge is 0.330 e. The van der Waals surface area contributed by atoms with E-state index < -0.39 is 29.7 Å². The Balaban J connectivity index is 2.35. The Morgan fingerprint density at radius 1 is 1.53 bits per heavy atom. The molecule has 1 fully saturated rings. The van der Waals surface area contributed by atoms with Crippen LogP contribution in [0.3, 0.4) is 0 Å². The van der Waals surface area contributed by atoms with Crippen molar-refractivity contribution in [1.82, 2.24) is 9.55 Å². The molecule has 0 aromatic carbocycles. The van der Waals surface area contributed by atoms with E-state index >= 15 is 0 Å². The zero-order valence-electron chi connectivity index (χ0n) is 9.24. The number of aromatic amines is 1. The maximum absolute atomic E-state index is 11.5. The standard InChI is InChI=1S/C10H14N2O5/c1-5-6(4-13)17-9(8(5)15)12-3-2-7(14)11-10(12)16/h2-3,5-6,8-9,13,15H,4H2,1H3,(H,11,14,16). The summed E-state index contributed by atoms with van der Waals surface area (Å²) in [6.45, 7) is 1.50. The predicted octanol–water partition coefficient (Wildman–Crippen LogP) is -1.58. The molecule has 7 nitrogen and oxygen atoms in total. The zero-order chi connectivity index (χ0) is 12.6. The molecule has 0 saturated carbocycles. The van der Waals surface area contributed by atoms with Gasteiger partial charge >= 0.3 is 5.69 Å². The lowest BCUT2D eigenvalue weighted by molar-refractivity contribution is -0.0534. The molecule has 1 aromatic rings. The van der Waals surface area contributed by atoms with Gasteiger partial charge in [-0.05, 0) is 0 Å². The average molecular weight is 242 g/mol. The lowest BCUT2D eigenvalue weighted by atomic mass is 10.0. The normalized spacial score (nSPS) is 32.9. The van der Waals surface area contributed by atoms with Crippen LogP contribution in [0.25, 0.3) is 0 Å². The molecule has 1 aromatic heterocycles. The minimum Gasteiger partial charge on any atom is -0.394 e. The summed E-state index contributed by atoms with van der Waals surface area (Å²) in [7, 11) is 0. The summed E-state index contributed by atoms with van der Waals surface area (Å²) in [4.78, 5) is 24.5. The molecule has 4 atom stereocenters. The summed E-state index contributed by atoms with van der Waals surface area (Å²) >= 11 is 0. The van der Waals surface area contributed by atoms with E-state index in [2.05, 4.69) is 4.98 Å². The van der Waals surface area contributed by atoms with Crippen molar-refractivity contribution in [2.45, 2.75) is 25.4 Å². The summed E-state index contributed by atoms with van der Waals surface area (Å²) in [5.41, 5.74) is -1.15. The van der Waals surface area contributed by atoms with E-state index in [9.17, 15) is 14.7 Å². The summed E-state index contributed by atoms with van der Waals surface area (Å²) in [6, 6.07) is 1.18. The number of aromatic nitrogens is 2. The SMILES string of the molecule is CC1C(CO)OC(n2ccc(=O)[nH]c2=O)C1O. The quantitative estimate of drug-likeness (QED) is 0.580. The van der Waals surface area contributed by atoms with Gasteiger partial charge in [0.1, 0.15) is 6.10 Å². The minimum absolute atomic E-state index is 0.229. The van der Waals surface area contributed by atoms with E-state index in [-0.39, 0.29) is 12.5 Å². The maximum atomic E-state index is 11.5. The van der Waals surface area contributed by atoms with Crippen LogP contribution >= 0.6 is 0 Å². The zero-order valence-corrected chi connectivity index (χ0v) is 9.24. The molecular formula is C10H14N2O5. The van der Waals surface area contributed by atoms with Gasteiger partial charge in [-0.2, -0.15) is 0 Å². The highest BCUT2D eigenvalue weighted by Gasteiger charge is 2.41. The summed E-state index contributed by atoms with van der Waals surface area (Å²) in [6.07, 6.45) is -1.04. The third-order valence-corrected chi connectivity index (χ3v) is 3.04. The molecule has 1 aliphatic heterocycles. The maximum Gasteiger partial charge on any atom is 0.330 e. The number of nitrogens with zero attached hydrogens (tertiary/aromatic N) is 1. The Labute approximate surface area is 96.3 Å². The van der Waals surface area contributed by atoms with Gasteiger partial charge in [0.05, 0.1) is 12.7 Å². The van der Waals surface area contributed by atoms with Gasteiger partial charge in [0.2, 0.25) is 0 Å². The summed E-state index contributed by atoms with van der Waals surface area (Å²) < 4.78 is 6.49. The van der Waals surface area contributed by atoms with Crippen molar-refractivity contribution >= 4 is 0 Å². The van der Waals surface area contributed by atoms with Crippen LogP contribution in [-0.4, -0.2) is 38.6 Å². The number of aliphatic hydroxyl groups excluding tert-OH is 2. The van der Waals surface area contributed by atoms with Crippen molar-refractivity contribution in [2.75, 3.05) is 6.61 Å². The summed E-state index contributed by atoms with van der Waals surface area (Å²) in [5, 5.41) is 19.0. The highest BCUT2D eigenvalue weighted by Crippen LogP contribution is 2.32. The van der Waals surface area contributed by atoms with E-state index in [0.717, 1.165) is 4.57 Å². The van der Waals surface area contributed by atoms with Crippen molar-refractivity contribution < 1.29 is 14.9 Å². The van der Waals surface area contributed by atoms with Gasteiger partial charge in [-0.1, -0.05) is 6.92 Å². The minimum atomic E-state index is -0.907. The molecule has 0 amide bonds. The lowest BCUT2D eigenvalue weighted by Crippen LogP contribution is -2.35. The van der Waals surface area contributed by atoms with Crippen LogP contribution in [0, 0.1) is 5.92 Å². The molecule has 7 heteroatoms. The fraction of sp³-hybridized carbons (Fsp3) is 0.600. The molecule has 1 saturated heterocycles. The molecule has 2 rings (SSSR count). The molecule has 3 N–H and O–H groups in total. The molecule has 1 aliphatic rings. The average Bonchev–Trinajstić information content (AvgIpc) is 2.57. The largest absolute Gasteiger partial charge is 0.394 e. The fourth-order valence-corrected chi connectivity index (χ4v) is 1.93. The van der Waals surface area contributed by atoms with Gasteiger partial charge in [-0.15, -0.1) is 0 Å². The van der Waals surface area contributed by atoms with Crippen molar-refractivity contribution in [1.29, 1.82) is 0 Å². The highest BCUT2D eigenvalue weighted by atomic mass is 16.5. The predicted molar refractivity (Wildman–Crippen MR) is 57.5 cm³/mol. The number of H-pyrrole nitrogens is 1. The first-order chi connectivity index (χ1) is 8.04. The number of hydrogen-bond donors (Lipinski definition) is 3. The molecule has 4 unspecified atom stereocenters. The monoisotopic (exact) mass is 242 g/mol. The van der Waals surface area contributed by atoms with Gasteiger partial charge < -0.3 is 14.9 Å². The van der Waals surface area contributed by atoms with Crippen molar-refractivity contribution in [2.24, 2.45) is 5.92 Å². The molecular weight excluding hydrogens is 228 g/mol. The molecule has 17 heavy (non-hydrogen) atoms. The van der Waals surface area contributed by atoms with E-state index in [1.165, 1.54) is 12.3 Å². The molecule has 2 heterocycles. The van der Waals surface area contributed by atoms with Gasteiger partial charge in [0, 0.05) is 18.2 Å². The number of hydrogen-bond acceptors (Lipinski definition) is 5. The Hall–Kier alpha value is -1.44. The number of rotatable bonds is 2. The Morgan fingerprint density at radius 3 is 2.76 bits per heavy atom. The van der Waals surface area contributed by atoms with Gasteiger partial charge in [0.15, 0.2) is 6.23 Å². The van der Waals surface area contributed by atoms with Crippen LogP contribution in [0.5, 0.6) is 0 Å². The molecule has 94 valence electrons. The first kappa shape index (κ1) is 12.0. The summed E-state index contributed by atoms with van der Waals surface area (Å²) in [5.74, 6) is -0.288. The lowest BCUT2D eigenvalue weighted by Gasteiger charge is -2.17. The van der Waals surface area contributed by atoms with Gasteiger partial charge in [-0.3, -0.25) is 14.3 Å². The number of aliphatic hydroxyl groups is 2. The third kappa shape index (κ3) is 2.04. The van der Waals surface area contributed by atoms with Crippen LogP contribution in [0.2, 0.25) is 0 Å². The first-order valence-electron chi connectivity index (χ1n) is 5.30. The van der Waals surface area contributed by atoms with E-state index in [1.54, 1.807) is 6.92 Å². The third-order valence-electron chi connectivity index (χ3n) is 3.04. The molecule has 0 bridgehead atoms. The van der Waals surface area contributed by atoms with Crippen LogP contribution in [-0.2, 0) is 4.74 Å². The van der Waals surface area contributed by atoms with E-state index in [0.29, 0.717) is 0 Å². The first-order valence-corrected chi connectivity index (χ1v) is 5.30. The van der Waals surface area contributed by atoms with Crippen molar-refractivity contribution in [3.8, 4) is 0 Å². The second kappa shape index (κ2) is 4.44. The number of ether oxygens (including phenoxy) is 1. The Bertz CT molecular complexity index is 508. The highest BCUT2D eigenvalue weighted by molar-refractivity contribution is 4.91.